The monoisotopic (exact) mass is 380 g/mol. The van der Waals surface area contributed by atoms with E-state index in [1.165, 1.54) is 23.5 Å². The number of halogens is 1. The van der Waals surface area contributed by atoms with Crippen molar-refractivity contribution in [2.75, 3.05) is 11.6 Å². The molecule has 3 rings (SSSR count). The molecule has 5 nitrogen and oxygen atoms in total. The summed E-state index contributed by atoms with van der Waals surface area (Å²) in [5.74, 6) is -0.225. The fraction of sp³-hybridized carbons (Fsp3) is 0.125. The summed E-state index contributed by atoms with van der Waals surface area (Å²) in [6, 6.07) is 11.7. The predicted octanol–water partition coefficient (Wildman–Crippen LogP) is 3.53. The molecule has 0 spiro atoms. The van der Waals surface area contributed by atoms with E-state index in [1.807, 2.05) is 12.1 Å². The number of fused-ring (bicyclic) bond motifs is 1. The lowest BCUT2D eigenvalue weighted by molar-refractivity contribution is -0.115. The second-order valence-electron chi connectivity index (χ2n) is 5.25. The number of nitrogens with one attached hydrogen (secondary N) is 1. The first-order valence-corrected chi connectivity index (χ1v) is 10.1. The molecule has 0 saturated carbocycles. The van der Waals surface area contributed by atoms with Crippen molar-refractivity contribution in [3.8, 4) is 0 Å². The zero-order valence-corrected chi connectivity index (χ0v) is 15.0. The molecule has 0 atom stereocenters. The molecular weight excluding hydrogens is 368 g/mol. The van der Waals surface area contributed by atoms with Gasteiger partial charge in [-0.3, -0.25) is 4.79 Å². The second kappa shape index (κ2) is 6.51. The lowest BCUT2D eigenvalue weighted by Crippen LogP contribution is -2.14. The molecule has 0 aliphatic rings. The van der Waals surface area contributed by atoms with E-state index in [1.54, 1.807) is 18.2 Å². The van der Waals surface area contributed by atoms with Crippen LogP contribution in [0.2, 0.25) is 5.02 Å². The SMILES string of the molecule is CS(=O)(=O)c1ccc(CC(=O)Nc2nc3c(Cl)cccc3s2)cc1. The molecule has 1 aromatic heterocycles. The van der Waals surface area contributed by atoms with E-state index in [4.69, 9.17) is 11.6 Å². The topological polar surface area (TPSA) is 76.1 Å². The van der Waals surface area contributed by atoms with Gasteiger partial charge in [-0.1, -0.05) is 41.1 Å². The Balaban J connectivity index is 1.71. The number of carbonyl (C=O) groups is 1. The molecular formula is C16H13ClN2O3S2. The summed E-state index contributed by atoms with van der Waals surface area (Å²) < 4.78 is 23.7. The molecule has 0 unspecified atom stereocenters. The summed E-state index contributed by atoms with van der Waals surface area (Å²) in [5.41, 5.74) is 1.39. The molecule has 124 valence electrons. The van der Waals surface area contributed by atoms with Gasteiger partial charge in [-0.2, -0.15) is 0 Å². The molecule has 0 aliphatic carbocycles. The van der Waals surface area contributed by atoms with E-state index in [0.717, 1.165) is 16.5 Å². The minimum atomic E-state index is -3.24. The minimum Gasteiger partial charge on any atom is -0.302 e. The number of hydrogen-bond donors (Lipinski definition) is 1. The highest BCUT2D eigenvalue weighted by Gasteiger charge is 2.11. The molecule has 3 aromatic rings. The fourth-order valence-electron chi connectivity index (χ4n) is 2.17. The third-order valence-electron chi connectivity index (χ3n) is 3.33. The number of carbonyl (C=O) groups excluding carboxylic acids is 1. The molecule has 0 radical (unpaired) electrons. The van der Waals surface area contributed by atoms with Crippen LogP contribution in [0.4, 0.5) is 5.13 Å². The molecule has 8 heteroatoms. The van der Waals surface area contributed by atoms with Crippen LogP contribution in [0.25, 0.3) is 10.2 Å². The summed E-state index contributed by atoms with van der Waals surface area (Å²) in [6.07, 6.45) is 1.28. The minimum absolute atomic E-state index is 0.133. The lowest BCUT2D eigenvalue weighted by Gasteiger charge is -2.03. The number of aromatic nitrogens is 1. The van der Waals surface area contributed by atoms with Crippen LogP contribution in [0.15, 0.2) is 47.4 Å². The number of rotatable bonds is 4. The Kier molecular flexibility index (Phi) is 4.58. The van der Waals surface area contributed by atoms with E-state index in [-0.39, 0.29) is 17.2 Å². The van der Waals surface area contributed by atoms with E-state index >= 15 is 0 Å². The van der Waals surface area contributed by atoms with Gasteiger partial charge < -0.3 is 5.32 Å². The van der Waals surface area contributed by atoms with Gasteiger partial charge in [0.25, 0.3) is 0 Å². The quantitative estimate of drug-likeness (QED) is 0.751. The average molecular weight is 381 g/mol. The number of sulfone groups is 1. The Labute approximate surface area is 148 Å². The van der Waals surface area contributed by atoms with Crippen LogP contribution in [0.5, 0.6) is 0 Å². The van der Waals surface area contributed by atoms with Gasteiger partial charge in [-0.25, -0.2) is 13.4 Å². The van der Waals surface area contributed by atoms with Crippen molar-refractivity contribution in [1.82, 2.24) is 4.98 Å². The molecule has 1 N–H and O–H groups in total. The highest BCUT2D eigenvalue weighted by molar-refractivity contribution is 7.90. The zero-order chi connectivity index (χ0) is 17.3. The fourth-order valence-corrected chi connectivity index (χ4v) is 3.98. The third-order valence-corrected chi connectivity index (χ3v) is 5.70. The number of nitrogens with zero attached hydrogens (tertiary/aromatic N) is 1. The Hall–Kier alpha value is -1.96. The van der Waals surface area contributed by atoms with Crippen molar-refractivity contribution < 1.29 is 13.2 Å². The Morgan fingerprint density at radius 1 is 1.21 bits per heavy atom. The summed E-state index contributed by atoms with van der Waals surface area (Å²) in [7, 11) is -3.24. The largest absolute Gasteiger partial charge is 0.302 e. The molecule has 0 bridgehead atoms. The highest BCUT2D eigenvalue weighted by Crippen LogP contribution is 2.30. The standard InChI is InChI=1S/C16H13ClN2O3S2/c1-24(21,22)11-7-5-10(6-8-11)9-14(20)18-16-19-15-12(17)3-2-4-13(15)23-16/h2-8H,9H2,1H3,(H,18,19,20). The number of anilines is 1. The summed E-state index contributed by atoms with van der Waals surface area (Å²) in [5, 5.41) is 3.77. The molecule has 2 aromatic carbocycles. The van der Waals surface area contributed by atoms with Gasteiger partial charge in [0, 0.05) is 6.26 Å². The van der Waals surface area contributed by atoms with Gasteiger partial charge >= 0.3 is 0 Å². The van der Waals surface area contributed by atoms with Gasteiger partial charge in [-0.05, 0) is 29.8 Å². The molecule has 0 fully saturated rings. The number of thiazole rings is 1. The average Bonchev–Trinajstić information content (AvgIpc) is 2.90. The summed E-state index contributed by atoms with van der Waals surface area (Å²) >= 11 is 7.42. The van der Waals surface area contributed by atoms with Crippen LogP contribution in [-0.4, -0.2) is 25.6 Å². The smallest absolute Gasteiger partial charge is 0.230 e. The maximum atomic E-state index is 12.1. The normalized spacial score (nSPS) is 11.6. The Bertz CT molecular complexity index is 1010. The van der Waals surface area contributed by atoms with Crippen molar-refractivity contribution in [3.05, 3.63) is 53.1 Å². The Morgan fingerprint density at radius 3 is 2.54 bits per heavy atom. The highest BCUT2D eigenvalue weighted by atomic mass is 35.5. The van der Waals surface area contributed by atoms with Crippen molar-refractivity contribution in [3.63, 3.8) is 0 Å². The first-order chi connectivity index (χ1) is 11.3. The van der Waals surface area contributed by atoms with Crippen LogP contribution >= 0.6 is 22.9 Å². The van der Waals surface area contributed by atoms with Crippen molar-refractivity contribution in [1.29, 1.82) is 0 Å². The van der Waals surface area contributed by atoms with Gasteiger partial charge in [0.1, 0.15) is 5.52 Å². The van der Waals surface area contributed by atoms with Crippen LogP contribution in [-0.2, 0) is 21.1 Å². The third kappa shape index (κ3) is 3.75. The maximum Gasteiger partial charge on any atom is 0.230 e. The molecule has 1 heterocycles. The van der Waals surface area contributed by atoms with Crippen molar-refractivity contribution in [2.24, 2.45) is 0 Å². The first kappa shape index (κ1) is 16.9. The maximum absolute atomic E-state index is 12.1. The van der Waals surface area contributed by atoms with E-state index in [9.17, 15) is 13.2 Å². The van der Waals surface area contributed by atoms with Crippen molar-refractivity contribution >= 4 is 54.0 Å². The van der Waals surface area contributed by atoms with E-state index in [0.29, 0.717) is 15.7 Å². The van der Waals surface area contributed by atoms with Crippen LogP contribution in [0, 0.1) is 0 Å². The van der Waals surface area contributed by atoms with Crippen LogP contribution in [0.1, 0.15) is 5.56 Å². The first-order valence-electron chi connectivity index (χ1n) is 6.97. The molecule has 1 amide bonds. The lowest BCUT2D eigenvalue weighted by atomic mass is 10.1. The van der Waals surface area contributed by atoms with Crippen LogP contribution in [0.3, 0.4) is 0 Å². The number of amides is 1. The summed E-state index contributed by atoms with van der Waals surface area (Å²) in [6.45, 7) is 0. The molecule has 0 aliphatic heterocycles. The Morgan fingerprint density at radius 2 is 1.92 bits per heavy atom. The van der Waals surface area contributed by atoms with Gasteiger partial charge in [0.2, 0.25) is 5.91 Å². The zero-order valence-electron chi connectivity index (χ0n) is 12.6. The molecule has 24 heavy (non-hydrogen) atoms. The number of benzene rings is 2. The van der Waals surface area contributed by atoms with Gasteiger partial charge in [-0.15, -0.1) is 0 Å². The number of hydrogen-bond acceptors (Lipinski definition) is 5. The second-order valence-corrected chi connectivity index (χ2v) is 8.70. The molecule has 0 saturated heterocycles. The van der Waals surface area contributed by atoms with Gasteiger partial charge in [0.05, 0.1) is 21.0 Å². The van der Waals surface area contributed by atoms with Crippen LogP contribution < -0.4 is 5.32 Å². The predicted molar refractivity (Wildman–Crippen MR) is 96.5 cm³/mol. The van der Waals surface area contributed by atoms with E-state index in [2.05, 4.69) is 10.3 Å². The van der Waals surface area contributed by atoms with Crippen molar-refractivity contribution in [2.45, 2.75) is 11.3 Å². The van der Waals surface area contributed by atoms with E-state index < -0.39 is 9.84 Å². The van der Waals surface area contributed by atoms with Gasteiger partial charge in [0.15, 0.2) is 15.0 Å². The number of para-hydroxylation sites is 1. The summed E-state index contributed by atoms with van der Waals surface area (Å²) in [4.78, 5) is 16.7.